The number of carbonyl (C=O) groups excluding carboxylic acids is 1. The molecule has 66 heavy (non-hydrogen) atoms. The Balaban J connectivity index is 4.04. The van der Waals surface area contributed by atoms with Gasteiger partial charge in [-0.3, -0.25) is 13.8 Å². The van der Waals surface area contributed by atoms with Crippen LogP contribution in [0.1, 0.15) is 219 Å². The lowest BCUT2D eigenvalue weighted by Gasteiger charge is -2.20. The predicted octanol–water partition coefficient (Wildman–Crippen LogP) is 17.0. The second-order valence-electron chi connectivity index (χ2n) is 17.4. The minimum absolute atomic E-state index is 0.0810. The van der Waals surface area contributed by atoms with Gasteiger partial charge in [-0.15, -0.1) is 0 Å². The van der Waals surface area contributed by atoms with Crippen LogP contribution in [0.2, 0.25) is 0 Å². The zero-order valence-electron chi connectivity index (χ0n) is 42.4. The third-order valence-corrected chi connectivity index (χ3v) is 12.0. The Kier molecular flexibility index (Phi) is 51.3. The first kappa shape index (κ1) is 63.4. The molecule has 0 saturated heterocycles. The number of esters is 1. The van der Waals surface area contributed by atoms with Crippen LogP contribution < -0.4 is 5.73 Å². The molecule has 0 aliphatic rings. The van der Waals surface area contributed by atoms with E-state index in [-0.39, 0.29) is 32.3 Å². The van der Waals surface area contributed by atoms with Crippen LogP contribution in [0.15, 0.2) is 97.2 Å². The lowest BCUT2D eigenvalue weighted by molar-refractivity contribution is -0.154. The number of allylic oxidation sites excluding steroid dienone is 16. The highest BCUT2D eigenvalue weighted by Gasteiger charge is 2.25. The van der Waals surface area contributed by atoms with Crippen LogP contribution >= 0.6 is 7.82 Å². The quantitative estimate of drug-likeness (QED) is 0.0268. The molecule has 0 radical (unpaired) electrons. The van der Waals surface area contributed by atoms with Crippen molar-refractivity contribution in [2.24, 2.45) is 5.73 Å². The van der Waals surface area contributed by atoms with Gasteiger partial charge in [-0.2, -0.15) is 0 Å². The van der Waals surface area contributed by atoms with Gasteiger partial charge in [0.2, 0.25) is 0 Å². The number of phosphoric acid groups is 1. The van der Waals surface area contributed by atoms with Gasteiger partial charge >= 0.3 is 13.8 Å². The Hall–Kier alpha value is -2.58. The summed E-state index contributed by atoms with van der Waals surface area (Å²) in [6, 6.07) is 0. The van der Waals surface area contributed by atoms with Crippen molar-refractivity contribution in [3.63, 3.8) is 0 Å². The van der Waals surface area contributed by atoms with Crippen LogP contribution in [0.4, 0.5) is 0 Å². The number of nitrogens with two attached hydrogens (primary N) is 1. The Bertz CT molecular complexity index is 1330. The molecule has 0 aliphatic heterocycles. The number of unbranched alkanes of at least 4 members (excludes halogenated alkanes) is 21. The molecule has 3 N–H and O–H groups in total. The first-order valence-electron chi connectivity index (χ1n) is 26.7. The van der Waals surface area contributed by atoms with Crippen LogP contribution in [0.3, 0.4) is 0 Å². The number of rotatable bonds is 50. The van der Waals surface area contributed by atoms with E-state index in [4.69, 9.17) is 24.3 Å². The minimum Gasteiger partial charge on any atom is -0.457 e. The molecule has 8 nitrogen and oxygen atoms in total. The Labute approximate surface area is 406 Å². The zero-order valence-corrected chi connectivity index (χ0v) is 43.3. The van der Waals surface area contributed by atoms with Crippen LogP contribution in [0.5, 0.6) is 0 Å². The van der Waals surface area contributed by atoms with E-state index in [2.05, 4.69) is 111 Å². The van der Waals surface area contributed by atoms with Crippen LogP contribution in [0.25, 0.3) is 0 Å². The second-order valence-corrected chi connectivity index (χ2v) is 18.8. The summed E-state index contributed by atoms with van der Waals surface area (Å²) in [6.07, 6.45) is 71.7. The zero-order chi connectivity index (χ0) is 48.0. The molecule has 0 saturated carbocycles. The summed E-state index contributed by atoms with van der Waals surface area (Å²) >= 11 is 0. The second kappa shape index (κ2) is 53.4. The molecule has 9 heteroatoms. The van der Waals surface area contributed by atoms with Crippen molar-refractivity contribution in [2.75, 3.05) is 33.0 Å². The standard InChI is InChI=1S/C57H100NO7P/c1-3-5-7-9-11-13-15-17-19-21-23-25-27-29-31-33-35-37-39-41-43-45-47-49-52-62-54-56(55-64-66(60,61)63-53-51-58)65-57(59)50-48-46-44-42-40-38-36-34-32-30-28-26-24-22-20-18-16-14-12-10-8-6-4-2/h5,7,11,13,17,19,22-25,29,31,35,37,41,43,56H,3-4,6,8-10,12,14-16,18,20-21,26-28,30,32-34,36,38-40,42,44-55,58H2,1-2H3,(H,60,61)/b7-5-,13-11-,19-17-,24-22-,25-23-,31-29-,37-35-,43-41-. The largest absolute Gasteiger partial charge is 0.472 e. The number of ether oxygens (including phenoxy) is 2. The van der Waals surface area contributed by atoms with E-state index >= 15 is 0 Å². The van der Waals surface area contributed by atoms with Gasteiger partial charge in [0.05, 0.1) is 19.8 Å². The highest BCUT2D eigenvalue weighted by Crippen LogP contribution is 2.43. The van der Waals surface area contributed by atoms with Gasteiger partial charge in [0.25, 0.3) is 0 Å². The fraction of sp³-hybridized carbons (Fsp3) is 0.702. The molecular weight excluding hydrogens is 842 g/mol. The van der Waals surface area contributed by atoms with Gasteiger partial charge in [0.15, 0.2) is 0 Å². The molecule has 0 heterocycles. The summed E-state index contributed by atoms with van der Waals surface area (Å²) in [7, 11) is -4.30. The van der Waals surface area contributed by atoms with Crippen LogP contribution in [-0.2, 0) is 27.9 Å². The van der Waals surface area contributed by atoms with Crippen LogP contribution in [-0.4, -0.2) is 49.9 Å². The number of carbonyl (C=O) groups is 1. The summed E-state index contributed by atoms with van der Waals surface area (Å²) < 4.78 is 33.6. The summed E-state index contributed by atoms with van der Waals surface area (Å²) in [5.41, 5.74) is 5.39. The van der Waals surface area contributed by atoms with E-state index in [0.29, 0.717) is 13.0 Å². The molecule has 0 bridgehead atoms. The van der Waals surface area contributed by atoms with Gasteiger partial charge in [0, 0.05) is 19.6 Å². The predicted molar refractivity (Wildman–Crippen MR) is 284 cm³/mol. The third-order valence-electron chi connectivity index (χ3n) is 11.0. The summed E-state index contributed by atoms with van der Waals surface area (Å²) in [4.78, 5) is 22.6. The molecule has 0 spiro atoms. The summed E-state index contributed by atoms with van der Waals surface area (Å²) in [6.45, 7) is 4.69. The van der Waals surface area contributed by atoms with E-state index in [1.807, 2.05) is 0 Å². The van der Waals surface area contributed by atoms with Gasteiger partial charge < -0.3 is 20.1 Å². The van der Waals surface area contributed by atoms with Crippen molar-refractivity contribution in [1.82, 2.24) is 0 Å². The fourth-order valence-electron chi connectivity index (χ4n) is 7.09. The SMILES string of the molecule is CC/C=C\C/C=C\C/C=C\C/C=C\C/C=C\C/C=C\C/C=C\CCCCOCC(COP(=O)(O)OCCN)OC(=O)CCCCCCCCCCCCC/C=C\CCCCCCCCCC. The van der Waals surface area contributed by atoms with Crippen molar-refractivity contribution in [3.05, 3.63) is 97.2 Å². The van der Waals surface area contributed by atoms with E-state index in [9.17, 15) is 14.3 Å². The maximum absolute atomic E-state index is 12.7. The van der Waals surface area contributed by atoms with Crippen LogP contribution in [0, 0.1) is 0 Å². The van der Waals surface area contributed by atoms with Gasteiger partial charge in [-0.1, -0.05) is 214 Å². The van der Waals surface area contributed by atoms with Crippen molar-refractivity contribution in [2.45, 2.75) is 225 Å². The van der Waals surface area contributed by atoms with E-state index in [1.165, 1.54) is 116 Å². The topological polar surface area (TPSA) is 117 Å². The molecule has 0 aromatic heterocycles. The van der Waals surface area contributed by atoms with E-state index < -0.39 is 13.9 Å². The van der Waals surface area contributed by atoms with Gasteiger partial charge in [0.1, 0.15) is 6.10 Å². The maximum Gasteiger partial charge on any atom is 0.472 e. The molecule has 0 rings (SSSR count). The lowest BCUT2D eigenvalue weighted by atomic mass is 10.0. The average molecular weight is 942 g/mol. The Morgan fingerprint density at radius 3 is 1.29 bits per heavy atom. The number of hydrogen-bond donors (Lipinski definition) is 2. The van der Waals surface area contributed by atoms with Crippen molar-refractivity contribution >= 4 is 13.8 Å². The molecule has 0 amide bonds. The lowest BCUT2D eigenvalue weighted by Crippen LogP contribution is -2.28. The average Bonchev–Trinajstić information content (AvgIpc) is 3.31. The van der Waals surface area contributed by atoms with Gasteiger partial charge in [-0.25, -0.2) is 4.57 Å². The fourth-order valence-corrected chi connectivity index (χ4v) is 7.85. The molecule has 0 aliphatic carbocycles. The minimum atomic E-state index is -4.30. The smallest absolute Gasteiger partial charge is 0.457 e. The Morgan fingerprint density at radius 1 is 0.470 bits per heavy atom. The maximum atomic E-state index is 12.7. The van der Waals surface area contributed by atoms with Crippen molar-refractivity contribution < 1.29 is 32.8 Å². The normalized spacial score (nSPS) is 14.1. The Morgan fingerprint density at radius 2 is 0.848 bits per heavy atom. The molecule has 2 unspecified atom stereocenters. The molecule has 0 aromatic carbocycles. The number of hydrogen-bond acceptors (Lipinski definition) is 7. The monoisotopic (exact) mass is 942 g/mol. The highest BCUT2D eigenvalue weighted by atomic mass is 31.2. The van der Waals surface area contributed by atoms with Crippen molar-refractivity contribution in [3.8, 4) is 0 Å². The first-order chi connectivity index (χ1) is 32.4. The molecular formula is C57H100NO7P. The van der Waals surface area contributed by atoms with Crippen molar-refractivity contribution in [1.29, 1.82) is 0 Å². The third kappa shape index (κ3) is 52.4. The molecule has 0 aromatic rings. The number of phosphoric ester groups is 1. The molecule has 0 fully saturated rings. The van der Waals surface area contributed by atoms with E-state index in [0.717, 1.165) is 83.5 Å². The first-order valence-corrected chi connectivity index (χ1v) is 28.2. The van der Waals surface area contributed by atoms with E-state index in [1.54, 1.807) is 0 Å². The summed E-state index contributed by atoms with van der Waals surface area (Å²) in [5.74, 6) is -0.348. The molecule has 380 valence electrons. The molecule has 2 atom stereocenters. The highest BCUT2D eigenvalue weighted by molar-refractivity contribution is 7.47. The van der Waals surface area contributed by atoms with Gasteiger partial charge in [-0.05, 0) is 96.3 Å². The summed E-state index contributed by atoms with van der Waals surface area (Å²) in [5, 5.41) is 0.